The number of amides is 1. The number of halogens is 1. The average Bonchev–Trinajstić information content (AvgIpc) is 2.41. The fourth-order valence-corrected chi connectivity index (χ4v) is 1.68. The highest BCUT2D eigenvalue weighted by Crippen LogP contribution is 2.18. The number of aromatic carboxylic acids is 1. The van der Waals surface area contributed by atoms with Gasteiger partial charge in [-0.15, -0.1) is 0 Å². The van der Waals surface area contributed by atoms with Crippen LogP contribution < -0.4 is 5.32 Å². The Hall–Kier alpha value is -2.28. The second-order valence-corrected chi connectivity index (χ2v) is 4.36. The van der Waals surface area contributed by atoms with Crippen LogP contribution in [0.2, 0.25) is 0 Å². The van der Waals surface area contributed by atoms with Crippen LogP contribution in [0.3, 0.4) is 0 Å². The van der Waals surface area contributed by atoms with Crippen molar-refractivity contribution < 1.29 is 14.7 Å². The summed E-state index contributed by atoms with van der Waals surface area (Å²) >= 11 is 3.24. The molecule has 0 aliphatic rings. The predicted octanol–water partition coefficient (Wildman–Crippen LogP) is 2.19. The minimum atomic E-state index is -1.19. The van der Waals surface area contributed by atoms with Gasteiger partial charge in [-0.3, -0.25) is 4.79 Å². The maximum Gasteiger partial charge on any atom is 0.354 e. The Morgan fingerprint density at radius 3 is 2.58 bits per heavy atom. The maximum atomic E-state index is 11.9. The Morgan fingerprint density at radius 1 is 1.16 bits per heavy atom. The van der Waals surface area contributed by atoms with Crippen LogP contribution in [0.5, 0.6) is 0 Å². The van der Waals surface area contributed by atoms with E-state index < -0.39 is 11.9 Å². The molecule has 0 fully saturated rings. The first-order valence-electron chi connectivity index (χ1n) is 5.20. The predicted molar refractivity (Wildman–Crippen MR) is 71.1 cm³/mol. The Morgan fingerprint density at radius 2 is 1.89 bits per heavy atom. The molecule has 0 saturated carbocycles. The van der Waals surface area contributed by atoms with Crippen LogP contribution in [0, 0.1) is 0 Å². The highest BCUT2D eigenvalue weighted by atomic mass is 79.9. The van der Waals surface area contributed by atoms with Gasteiger partial charge in [-0.05, 0) is 40.2 Å². The zero-order valence-corrected chi connectivity index (χ0v) is 11.1. The molecule has 0 aromatic carbocycles. The molecule has 0 spiro atoms. The quantitative estimate of drug-likeness (QED) is 0.904. The molecule has 0 bridgehead atoms. The monoisotopic (exact) mass is 321 g/mol. The van der Waals surface area contributed by atoms with Gasteiger partial charge in [-0.1, -0.05) is 6.07 Å². The minimum absolute atomic E-state index is 0.0115. The van der Waals surface area contributed by atoms with Gasteiger partial charge in [-0.2, -0.15) is 0 Å². The number of carboxylic acid groups (broad SMARTS) is 1. The zero-order valence-electron chi connectivity index (χ0n) is 9.50. The zero-order chi connectivity index (χ0) is 13.8. The summed E-state index contributed by atoms with van der Waals surface area (Å²) in [7, 11) is 0. The number of rotatable bonds is 3. The Balaban J connectivity index is 2.23. The SMILES string of the molecule is O=C(O)c1cccc(C(=O)Nc2ncccc2Br)n1. The highest BCUT2D eigenvalue weighted by Gasteiger charge is 2.13. The number of carboxylic acids is 1. The van der Waals surface area contributed by atoms with E-state index in [1.807, 2.05) is 0 Å². The van der Waals surface area contributed by atoms with Crippen LogP contribution >= 0.6 is 15.9 Å². The molecule has 2 rings (SSSR count). The first kappa shape index (κ1) is 13.2. The molecule has 1 amide bonds. The molecule has 0 radical (unpaired) electrons. The molecule has 96 valence electrons. The van der Waals surface area contributed by atoms with Crippen molar-refractivity contribution in [3.05, 3.63) is 52.4 Å². The van der Waals surface area contributed by atoms with Crippen LogP contribution in [0.4, 0.5) is 5.82 Å². The molecule has 0 unspecified atom stereocenters. The number of nitrogens with one attached hydrogen (secondary N) is 1. The average molecular weight is 322 g/mol. The smallest absolute Gasteiger partial charge is 0.354 e. The number of carbonyl (C=O) groups is 2. The molecule has 0 atom stereocenters. The highest BCUT2D eigenvalue weighted by molar-refractivity contribution is 9.10. The van der Waals surface area contributed by atoms with Gasteiger partial charge < -0.3 is 10.4 Å². The number of carbonyl (C=O) groups excluding carboxylic acids is 1. The number of pyridine rings is 2. The van der Waals surface area contributed by atoms with E-state index in [4.69, 9.17) is 5.11 Å². The van der Waals surface area contributed by atoms with Crippen molar-refractivity contribution in [1.29, 1.82) is 0 Å². The maximum absolute atomic E-state index is 11.9. The number of anilines is 1. The molecule has 2 heterocycles. The van der Waals surface area contributed by atoms with Gasteiger partial charge in [0.25, 0.3) is 5.91 Å². The molecule has 2 N–H and O–H groups in total. The van der Waals surface area contributed by atoms with E-state index in [-0.39, 0.29) is 11.4 Å². The third kappa shape index (κ3) is 3.14. The van der Waals surface area contributed by atoms with Gasteiger partial charge in [0, 0.05) is 6.20 Å². The van der Waals surface area contributed by atoms with Crippen LogP contribution in [0.25, 0.3) is 0 Å². The number of hydrogen-bond donors (Lipinski definition) is 2. The number of aromatic nitrogens is 2. The molecule has 0 aliphatic carbocycles. The summed E-state index contributed by atoms with van der Waals surface area (Å²) in [5, 5.41) is 11.4. The van der Waals surface area contributed by atoms with Gasteiger partial charge in [-0.25, -0.2) is 14.8 Å². The lowest BCUT2D eigenvalue weighted by molar-refractivity contribution is 0.0690. The summed E-state index contributed by atoms with van der Waals surface area (Å²) in [5.74, 6) is -1.37. The van der Waals surface area contributed by atoms with Crippen LogP contribution in [0.15, 0.2) is 41.0 Å². The van der Waals surface area contributed by atoms with Crippen LogP contribution in [-0.4, -0.2) is 27.0 Å². The normalized spacial score (nSPS) is 9.95. The van der Waals surface area contributed by atoms with Crippen molar-refractivity contribution >= 4 is 33.6 Å². The summed E-state index contributed by atoms with van der Waals surface area (Å²) < 4.78 is 0.623. The lowest BCUT2D eigenvalue weighted by Gasteiger charge is -2.05. The molecule has 0 saturated heterocycles. The summed E-state index contributed by atoms with van der Waals surface area (Å²) in [6.45, 7) is 0. The Labute approximate surface area is 116 Å². The second-order valence-electron chi connectivity index (χ2n) is 3.50. The minimum Gasteiger partial charge on any atom is -0.477 e. The Bertz CT molecular complexity index is 646. The molecule has 2 aromatic rings. The lowest BCUT2D eigenvalue weighted by atomic mass is 10.3. The summed E-state index contributed by atoms with van der Waals surface area (Å²) in [6.07, 6.45) is 1.53. The molecule has 6 nitrogen and oxygen atoms in total. The second kappa shape index (κ2) is 5.57. The van der Waals surface area contributed by atoms with E-state index in [0.29, 0.717) is 10.3 Å². The fourth-order valence-electron chi connectivity index (χ4n) is 1.33. The van der Waals surface area contributed by atoms with E-state index in [9.17, 15) is 9.59 Å². The van der Waals surface area contributed by atoms with Crippen LogP contribution in [-0.2, 0) is 0 Å². The standard InChI is InChI=1S/C12H8BrN3O3/c13-7-3-2-6-14-10(7)16-11(17)8-4-1-5-9(15-8)12(18)19/h1-6H,(H,18,19)(H,14,16,17). The van der Waals surface area contributed by atoms with E-state index in [0.717, 1.165) is 0 Å². The molecular weight excluding hydrogens is 314 g/mol. The van der Waals surface area contributed by atoms with E-state index >= 15 is 0 Å². The number of hydrogen-bond acceptors (Lipinski definition) is 4. The Kier molecular flexibility index (Phi) is 3.86. The van der Waals surface area contributed by atoms with Crippen molar-refractivity contribution in [3.8, 4) is 0 Å². The summed E-state index contributed by atoms with van der Waals surface area (Å²) in [5.41, 5.74) is -0.176. The lowest BCUT2D eigenvalue weighted by Crippen LogP contribution is -2.16. The summed E-state index contributed by atoms with van der Waals surface area (Å²) in [6, 6.07) is 7.64. The molecule has 7 heteroatoms. The molecular formula is C12H8BrN3O3. The van der Waals surface area contributed by atoms with Gasteiger partial charge in [0.1, 0.15) is 17.2 Å². The molecule has 19 heavy (non-hydrogen) atoms. The van der Waals surface area contributed by atoms with Crippen molar-refractivity contribution in [1.82, 2.24) is 9.97 Å². The topological polar surface area (TPSA) is 92.2 Å². The molecule has 0 aliphatic heterocycles. The van der Waals surface area contributed by atoms with E-state index in [1.165, 1.54) is 24.4 Å². The molecule has 2 aromatic heterocycles. The largest absolute Gasteiger partial charge is 0.477 e. The van der Waals surface area contributed by atoms with Gasteiger partial charge in [0.15, 0.2) is 0 Å². The van der Waals surface area contributed by atoms with Crippen molar-refractivity contribution in [2.75, 3.05) is 5.32 Å². The summed E-state index contributed by atoms with van der Waals surface area (Å²) in [4.78, 5) is 30.4. The van der Waals surface area contributed by atoms with Gasteiger partial charge in [0.05, 0.1) is 4.47 Å². The third-order valence-corrected chi connectivity index (χ3v) is 2.83. The van der Waals surface area contributed by atoms with Gasteiger partial charge >= 0.3 is 5.97 Å². The first-order chi connectivity index (χ1) is 9.08. The third-order valence-electron chi connectivity index (χ3n) is 2.19. The van der Waals surface area contributed by atoms with Crippen molar-refractivity contribution in [2.45, 2.75) is 0 Å². The van der Waals surface area contributed by atoms with Crippen molar-refractivity contribution in [2.24, 2.45) is 0 Å². The number of nitrogens with zero attached hydrogens (tertiary/aromatic N) is 2. The van der Waals surface area contributed by atoms with Crippen molar-refractivity contribution in [3.63, 3.8) is 0 Å². The van der Waals surface area contributed by atoms with Gasteiger partial charge in [0.2, 0.25) is 0 Å². The fraction of sp³-hybridized carbons (Fsp3) is 0. The van der Waals surface area contributed by atoms with E-state index in [2.05, 4.69) is 31.2 Å². The van der Waals surface area contributed by atoms with E-state index in [1.54, 1.807) is 12.1 Å². The first-order valence-corrected chi connectivity index (χ1v) is 5.99. The van der Waals surface area contributed by atoms with Crippen LogP contribution in [0.1, 0.15) is 21.0 Å².